The summed E-state index contributed by atoms with van der Waals surface area (Å²) < 4.78 is 11.5. The minimum absolute atomic E-state index is 0.181. The summed E-state index contributed by atoms with van der Waals surface area (Å²) in [4.78, 5) is 14.6. The van der Waals surface area contributed by atoms with Crippen LogP contribution in [0.15, 0.2) is 29.8 Å². The van der Waals surface area contributed by atoms with E-state index in [0.29, 0.717) is 39.3 Å². The van der Waals surface area contributed by atoms with Crippen LogP contribution in [0.2, 0.25) is 0 Å². The lowest BCUT2D eigenvalue weighted by molar-refractivity contribution is -0.141. The summed E-state index contributed by atoms with van der Waals surface area (Å²) in [5.74, 6) is 0.181. The van der Waals surface area contributed by atoms with Gasteiger partial charge in [-0.3, -0.25) is 4.79 Å². The number of ether oxygens (including phenoxy) is 2. The quantitative estimate of drug-likeness (QED) is 0.842. The van der Waals surface area contributed by atoms with Crippen molar-refractivity contribution in [1.82, 2.24) is 4.90 Å². The van der Waals surface area contributed by atoms with Crippen LogP contribution in [0.4, 0.5) is 0 Å². The third kappa shape index (κ3) is 2.60. The van der Waals surface area contributed by atoms with Crippen molar-refractivity contribution < 1.29 is 14.3 Å². The zero-order valence-electron chi connectivity index (χ0n) is 13.6. The van der Waals surface area contributed by atoms with E-state index in [1.54, 1.807) is 0 Å². The number of nitrogens with zero attached hydrogens (tertiary/aromatic N) is 1. The van der Waals surface area contributed by atoms with Gasteiger partial charge >= 0.3 is 0 Å². The molecule has 0 aromatic heterocycles. The van der Waals surface area contributed by atoms with Gasteiger partial charge in [0.15, 0.2) is 0 Å². The maximum atomic E-state index is 12.7. The lowest BCUT2D eigenvalue weighted by Crippen LogP contribution is -2.46. The molecule has 23 heavy (non-hydrogen) atoms. The first-order valence-corrected chi connectivity index (χ1v) is 8.48. The molecule has 122 valence electrons. The second kappa shape index (κ2) is 5.77. The summed E-state index contributed by atoms with van der Waals surface area (Å²) in [5, 5.41) is 0. The Kier molecular flexibility index (Phi) is 3.74. The Morgan fingerprint density at radius 1 is 1.22 bits per heavy atom. The first-order chi connectivity index (χ1) is 11.2. The third-order valence-corrected chi connectivity index (χ3v) is 5.34. The van der Waals surface area contributed by atoms with Gasteiger partial charge in [0.25, 0.3) is 0 Å². The summed E-state index contributed by atoms with van der Waals surface area (Å²) in [5.41, 5.74) is 4.97. The van der Waals surface area contributed by atoms with Crippen LogP contribution in [0.3, 0.4) is 0 Å². The summed E-state index contributed by atoms with van der Waals surface area (Å²) in [6.45, 7) is 5.46. The summed E-state index contributed by atoms with van der Waals surface area (Å²) in [7, 11) is 0. The number of fused-ring (bicyclic) bond motifs is 2. The highest BCUT2D eigenvalue weighted by molar-refractivity contribution is 5.82. The van der Waals surface area contributed by atoms with Crippen LogP contribution in [0.5, 0.6) is 0 Å². The molecule has 1 saturated heterocycles. The maximum Gasteiger partial charge on any atom is 0.225 e. The smallest absolute Gasteiger partial charge is 0.225 e. The van der Waals surface area contributed by atoms with Crippen LogP contribution in [0, 0.1) is 0 Å². The molecule has 3 aliphatic rings. The Labute approximate surface area is 137 Å². The van der Waals surface area contributed by atoms with E-state index < -0.39 is 5.60 Å². The van der Waals surface area contributed by atoms with Gasteiger partial charge in [0.1, 0.15) is 0 Å². The van der Waals surface area contributed by atoms with Gasteiger partial charge in [0.05, 0.1) is 31.8 Å². The van der Waals surface area contributed by atoms with Gasteiger partial charge in [0, 0.05) is 13.1 Å². The number of carbonyl (C=O) groups is 1. The van der Waals surface area contributed by atoms with Crippen molar-refractivity contribution in [1.29, 1.82) is 0 Å². The minimum Gasteiger partial charge on any atom is -0.378 e. The second-order valence-corrected chi connectivity index (χ2v) is 6.79. The number of hydrogen-bond acceptors (Lipinski definition) is 3. The zero-order valence-corrected chi connectivity index (χ0v) is 13.6. The first-order valence-electron chi connectivity index (χ1n) is 8.48. The number of morpholine rings is 1. The molecule has 1 atom stereocenters. The van der Waals surface area contributed by atoms with Gasteiger partial charge in [-0.2, -0.15) is 0 Å². The Morgan fingerprint density at radius 2 is 2.00 bits per heavy atom. The van der Waals surface area contributed by atoms with Crippen LogP contribution in [-0.2, 0) is 20.7 Å². The Bertz CT molecular complexity index is 660. The molecule has 0 bridgehead atoms. The fraction of sp³-hybridized carbons (Fsp3) is 0.526. The fourth-order valence-corrected chi connectivity index (χ4v) is 4.06. The highest BCUT2D eigenvalue weighted by atomic mass is 16.5. The molecule has 4 rings (SSSR count). The van der Waals surface area contributed by atoms with Crippen molar-refractivity contribution in [3.63, 3.8) is 0 Å². The molecule has 1 amide bonds. The monoisotopic (exact) mass is 313 g/mol. The summed E-state index contributed by atoms with van der Waals surface area (Å²) in [6.07, 6.45) is 2.30. The van der Waals surface area contributed by atoms with Gasteiger partial charge in [-0.15, -0.1) is 0 Å². The lowest BCUT2D eigenvalue weighted by Gasteiger charge is -2.38. The van der Waals surface area contributed by atoms with Crippen LogP contribution >= 0.6 is 0 Å². The molecule has 4 heteroatoms. The van der Waals surface area contributed by atoms with Crippen molar-refractivity contribution in [2.45, 2.75) is 31.8 Å². The van der Waals surface area contributed by atoms with Crippen molar-refractivity contribution in [2.24, 2.45) is 0 Å². The Morgan fingerprint density at radius 3 is 2.83 bits per heavy atom. The molecule has 1 aliphatic carbocycles. The van der Waals surface area contributed by atoms with Crippen molar-refractivity contribution in [3.8, 4) is 0 Å². The Balaban J connectivity index is 1.58. The molecular formula is C19H23NO3. The predicted octanol–water partition coefficient (Wildman–Crippen LogP) is 2.42. The van der Waals surface area contributed by atoms with E-state index in [1.807, 2.05) is 4.90 Å². The molecule has 0 saturated carbocycles. The maximum absolute atomic E-state index is 12.7. The third-order valence-electron chi connectivity index (χ3n) is 5.34. The highest BCUT2D eigenvalue weighted by Gasteiger charge is 2.41. The first kappa shape index (κ1) is 14.9. The molecular weight excluding hydrogens is 290 g/mol. The van der Waals surface area contributed by atoms with Crippen molar-refractivity contribution in [2.75, 3.05) is 32.9 Å². The number of carbonyl (C=O) groups excluding carboxylic acids is 1. The van der Waals surface area contributed by atoms with Crippen molar-refractivity contribution in [3.05, 3.63) is 41.0 Å². The molecule has 2 aliphatic heterocycles. The predicted molar refractivity (Wildman–Crippen MR) is 88.1 cm³/mol. The summed E-state index contributed by atoms with van der Waals surface area (Å²) in [6, 6.07) is 8.58. The standard InChI is InChI=1S/C19H23NO3/c1-19(13-18(21)20-7-10-22-11-8-20)17-12-14-4-2-3-5-15(14)16(17)6-9-23-19/h2-5H,6-13H2,1H3. The van der Waals surface area contributed by atoms with E-state index in [2.05, 4.69) is 31.2 Å². The number of amides is 1. The second-order valence-electron chi connectivity index (χ2n) is 6.79. The van der Waals surface area contributed by atoms with Crippen molar-refractivity contribution >= 4 is 11.5 Å². The zero-order chi connectivity index (χ0) is 15.9. The van der Waals surface area contributed by atoms with E-state index in [4.69, 9.17) is 9.47 Å². The molecule has 1 unspecified atom stereocenters. The molecule has 1 aromatic rings. The van der Waals surface area contributed by atoms with Gasteiger partial charge in [-0.25, -0.2) is 0 Å². The molecule has 0 N–H and O–H groups in total. The normalized spacial score (nSPS) is 26.9. The molecule has 1 fully saturated rings. The fourth-order valence-electron chi connectivity index (χ4n) is 4.06. The number of rotatable bonds is 2. The van der Waals surface area contributed by atoms with E-state index in [-0.39, 0.29) is 5.91 Å². The minimum atomic E-state index is -0.470. The van der Waals surface area contributed by atoms with E-state index >= 15 is 0 Å². The topological polar surface area (TPSA) is 38.8 Å². The van der Waals surface area contributed by atoms with E-state index in [9.17, 15) is 4.79 Å². The van der Waals surface area contributed by atoms with E-state index in [0.717, 1.165) is 12.8 Å². The summed E-state index contributed by atoms with van der Waals surface area (Å²) >= 11 is 0. The number of hydrogen-bond donors (Lipinski definition) is 0. The van der Waals surface area contributed by atoms with Gasteiger partial charge in [-0.1, -0.05) is 24.3 Å². The van der Waals surface area contributed by atoms with Gasteiger partial charge < -0.3 is 14.4 Å². The molecule has 0 spiro atoms. The van der Waals surface area contributed by atoms with Crippen LogP contribution in [-0.4, -0.2) is 49.3 Å². The highest BCUT2D eigenvalue weighted by Crippen LogP contribution is 2.45. The molecule has 2 heterocycles. The van der Waals surface area contributed by atoms with Crippen LogP contribution in [0.1, 0.15) is 30.9 Å². The average molecular weight is 313 g/mol. The average Bonchev–Trinajstić information content (AvgIpc) is 2.96. The largest absolute Gasteiger partial charge is 0.378 e. The molecule has 4 nitrogen and oxygen atoms in total. The van der Waals surface area contributed by atoms with Crippen LogP contribution < -0.4 is 0 Å². The lowest BCUT2D eigenvalue weighted by atomic mass is 9.85. The molecule has 1 aromatic carbocycles. The molecule has 0 radical (unpaired) electrons. The SMILES string of the molecule is CC1(CC(=O)N2CCOCC2)OCCC2=C1Cc1ccccc12. The Hall–Kier alpha value is -1.65. The van der Waals surface area contributed by atoms with Crippen LogP contribution in [0.25, 0.3) is 5.57 Å². The van der Waals surface area contributed by atoms with Gasteiger partial charge in [0.2, 0.25) is 5.91 Å². The van der Waals surface area contributed by atoms with E-state index in [1.165, 1.54) is 22.3 Å². The number of benzene rings is 1. The van der Waals surface area contributed by atoms with Gasteiger partial charge in [-0.05, 0) is 42.0 Å².